The topological polar surface area (TPSA) is 105 Å². The van der Waals surface area contributed by atoms with Crippen molar-refractivity contribution in [2.75, 3.05) is 6.54 Å². The Labute approximate surface area is 140 Å². The Morgan fingerprint density at radius 1 is 1.50 bits per heavy atom. The van der Waals surface area contributed by atoms with Crippen LogP contribution in [0.25, 0.3) is 0 Å². The molecule has 0 radical (unpaired) electrons. The molecule has 24 heavy (non-hydrogen) atoms. The Morgan fingerprint density at radius 3 is 3.08 bits per heavy atom. The Kier molecular flexibility index (Phi) is 4.64. The van der Waals surface area contributed by atoms with Gasteiger partial charge in [0.15, 0.2) is 0 Å². The van der Waals surface area contributed by atoms with E-state index < -0.39 is 6.04 Å². The van der Waals surface area contributed by atoms with Crippen molar-refractivity contribution in [3.63, 3.8) is 0 Å². The van der Waals surface area contributed by atoms with Crippen LogP contribution in [0.4, 0.5) is 0 Å². The van der Waals surface area contributed by atoms with Crippen molar-refractivity contribution in [1.29, 1.82) is 0 Å². The number of carbonyl (C=O) groups is 2. The molecule has 8 heteroatoms. The van der Waals surface area contributed by atoms with Gasteiger partial charge in [0.2, 0.25) is 5.91 Å². The zero-order valence-electron chi connectivity index (χ0n) is 13.9. The molecule has 128 valence electrons. The van der Waals surface area contributed by atoms with Crippen LogP contribution < -0.4 is 10.6 Å². The normalized spacial score (nSPS) is 17.8. The van der Waals surface area contributed by atoms with Crippen molar-refractivity contribution in [2.24, 2.45) is 0 Å². The molecule has 3 rings (SSSR count). The summed E-state index contributed by atoms with van der Waals surface area (Å²) in [6.45, 7) is 5.40. The second-order valence-electron chi connectivity index (χ2n) is 6.31. The van der Waals surface area contributed by atoms with Gasteiger partial charge in [0, 0.05) is 24.9 Å². The molecule has 0 saturated carbocycles. The molecule has 1 aliphatic heterocycles. The van der Waals surface area contributed by atoms with E-state index in [9.17, 15) is 9.59 Å². The quantitative estimate of drug-likeness (QED) is 0.753. The highest BCUT2D eigenvalue weighted by Crippen LogP contribution is 2.13. The molecule has 0 aliphatic carbocycles. The fraction of sp³-hybridized carbons (Fsp3) is 0.500. The van der Waals surface area contributed by atoms with E-state index in [1.54, 1.807) is 12.3 Å². The molecule has 2 amide bonds. The van der Waals surface area contributed by atoms with Gasteiger partial charge in [0.25, 0.3) is 5.91 Å². The van der Waals surface area contributed by atoms with Crippen LogP contribution in [0, 0.1) is 0 Å². The molecular formula is C16H22N6O2. The summed E-state index contributed by atoms with van der Waals surface area (Å²) in [5.41, 5.74) is 1.10. The molecule has 0 unspecified atom stereocenters. The highest BCUT2D eigenvalue weighted by atomic mass is 16.2. The highest BCUT2D eigenvalue weighted by molar-refractivity contribution is 5.96. The number of nitrogens with zero attached hydrogens (tertiary/aromatic N) is 3. The monoisotopic (exact) mass is 330 g/mol. The minimum Gasteiger partial charge on any atom is -0.354 e. The molecule has 2 aromatic heterocycles. The van der Waals surface area contributed by atoms with Crippen molar-refractivity contribution >= 4 is 11.8 Å². The number of piperidine rings is 1. The molecule has 1 aliphatic rings. The number of aromatic amines is 1. The summed E-state index contributed by atoms with van der Waals surface area (Å²) in [5, 5.41) is 12.4. The lowest BCUT2D eigenvalue weighted by Crippen LogP contribution is -2.50. The van der Waals surface area contributed by atoms with Crippen LogP contribution in [0.15, 0.2) is 18.5 Å². The average Bonchev–Trinajstić information content (AvgIpc) is 3.19. The van der Waals surface area contributed by atoms with Crippen LogP contribution in [-0.2, 0) is 11.3 Å². The summed E-state index contributed by atoms with van der Waals surface area (Å²) in [4.78, 5) is 28.3. The van der Waals surface area contributed by atoms with Crippen LogP contribution in [0.3, 0.4) is 0 Å². The molecule has 1 fully saturated rings. The zero-order valence-corrected chi connectivity index (χ0v) is 13.9. The minimum absolute atomic E-state index is 0.134. The fourth-order valence-electron chi connectivity index (χ4n) is 2.84. The number of aromatic nitrogens is 4. The first kappa shape index (κ1) is 16.2. The summed E-state index contributed by atoms with van der Waals surface area (Å²) >= 11 is 0. The van der Waals surface area contributed by atoms with E-state index in [-0.39, 0.29) is 17.5 Å². The van der Waals surface area contributed by atoms with E-state index in [4.69, 9.17) is 0 Å². The summed E-state index contributed by atoms with van der Waals surface area (Å²) in [6.07, 6.45) is 5.19. The molecule has 1 atom stereocenters. The highest BCUT2D eigenvalue weighted by Gasteiger charge is 2.25. The van der Waals surface area contributed by atoms with Gasteiger partial charge in [-0.25, -0.2) is 4.98 Å². The first-order chi connectivity index (χ1) is 11.5. The molecule has 3 N–H and O–H groups in total. The number of nitrogens with one attached hydrogen (secondary N) is 3. The molecule has 3 heterocycles. The smallest absolute Gasteiger partial charge is 0.272 e. The second-order valence-corrected chi connectivity index (χ2v) is 6.31. The SMILES string of the molecule is CC(C)c1nccn1Cc1cc(C(=O)N[C@@H]2CCCNC2=O)n[nH]1. The fourth-order valence-corrected chi connectivity index (χ4v) is 2.84. The van der Waals surface area contributed by atoms with Gasteiger partial charge < -0.3 is 15.2 Å². The van der Waals surface area contributed by atoms with Crippen LogP contribution in [0.2, 0.25) is 0 Å². The van der Waals surface area contributed by atoms with Gasteiger partial charge >= 0.3 is 0 Å². The second kappa shape index (κ2) is 6.86. The van der Waals surface area contributed by atoms with Crippen molar-refractivity contribution in [3.05, 3.63) is 35.7 Å². The lowest BCUT2D eigenvalue weighted by molar-refractivity contribution is -0.124. The molecule has 0 bridgehead atoms. The number of hydrogen-bond donors (Lipinski definition) is 3. The maximum absolute atomic E-state index is 12.3. The van der Waals surface area contributed by atoms with Crippen LogP contribution >= 0.6 is 0 Å². The molecule has 8 nitrogen and oxygen atoms in total. The lowest BCUT2D eigenvalue weighted by atomic mass is 10.1. The Hall–Kier alpha value is -2.64. The number of imidazole rings is 1. The van der Waals surface area contributed by atoms with E-state index >= 15 is 0 Å². The van der Waals surface area contributed by atoms with Crippen molar-refractivity contribution < 1.29 is 9.59 Å². The molecule has 2 aromatic rings. The van der Waals surface area contributed by atoms with Gasteiger partial charge in [-0.2, -0.15) is 5.10 Å². The predicted octanol–water partition coefficient (Wildman–Crippen LogP) is 0.786. The van der Waals surface area contributed by atoms with Gasteiger partial charge in [0.05, 0.1) is 12.2 Å². The third kappa shape index (κ3) is 3.47. The number of carbonyl (C=O) groups excluding carboxylic acids is 2. The summed E-state index contributed by atoms with van der Waals surface area (Å²) in [7, 11) is 0. The van der Waals surface area contributed by atoms with Gasteiger partial charge in [0.1, 0.15) is 17.6 Å². The van der Waals surface area contributed by atoms with E-state index in [2.05, 4.69) is 39.7 Å². The van der Waals surface area contributed by atoms with E-state index in [1.807, 2.05) is 10.8 Å². The van der Waals surface area contributed by atoms with Crippen molar-refractivity contribution in [2.45, 2.75) is 45.2 Å². The van der Waals surface area contributed by atoms with Gasteiger partial charge in [-0.3, -0.25) is 14.7 Å². The van der Waals surface area contributed by atoms with E-state index in [0.717, 1.165) is 17.9 Å². The molecule has 0 spiro atoms. The van der Waals surface area contributed by atoms with Crippen LogP contribution in [0.5, 0.6) is 0 Å². The van der Waals surface area contributed by atoms with Crippen LogP contribution in [-0.4, -0.2) is 44.1 Å². The molecular weight excluding hydrogens is 308 g/mol. The summed E-state index contributed by atoms with van der Waals surface area (Å²) in [6, 6.07) is 1.23. The van der Waals surface area contributed by atoms with E-state index in [0.29, 0.717) is 25.4 Å². The first-order valence-electron chi connectivity index (χ1n) is 8.18. The summed E-state index contributed by atoms with van der Waals surface area (Å²) in [5.74, 6) is 0.824. The van der Waals surface area contributed by atoms with Crippen molar-refractivity contribution in [1.82, 2.24) is 30.4 Å². The first-order valence-corrected chi connectivity index (χ1v) is 8.18. The third-order valence-corrected chi connectivity index (χ3v) is 4.06. The average molecular weight is 330 g/mol. The largest absolute Gasteiger partial charge is 0.354 e. The number of rotatable bonds is 5. The number of hydrogen-bond acceptors (Lipinski definition) is 4. The van der Waals surface area contributed by atoms with Gasteiger partial charge in [-0.05, 0) is 18.9 Å². The Balaban J connectivity index is 1.65. The Bertz CT molecular complexity index is 733. The summed E-state index contributed by atoms with van der Waals surface area (Å²) < 4.78 is 2.02. The number of H-pyrrole nitrogens is 1. The lowest BCUT2D eigenvalue weighted by Gasteiger charge is -2.22. The minimum atomic E-state index is -0.479. The van der Waals surface area contributed by atoms with Gasteiger partial charge in [-0.1, -0.05) is 13.8 Å². The van der Waals surface area contributed by atoms with Gasteiger partial charge in [-0.15, -0.1) is 0 Å². The maximum atomic E-state index is 12.3. The molecule has 0 aromatic carbocycles. The molecule has 1 saturated heterocycles. The Morgan fingerprint density at radius 2 is 2.33 bits per heavy atom. The maximum Gasteiger partial charge on any atom is 0.272 e. The third-order valence-electron chi connectivity index (χ3n) is 4.06. The number of amides is 2. The standard InChI is InChI=1S/C16H22N6O2/c1-10(2)14-17-6-7-22(14)9-11-8-13(21-20-11)16(24)19-12-4-3-5-18-15(12)23/h6-8,10,12H,3-5,9H2,1-2H3,(H,18,23)(H,19,24)(H,20,21)/t12-/m1/s1. The predicted molar refractivity (Wildman–Crippen MR) is 87.5 cm³/mol. The zero-order chi connectivity index (χ0) is 17.1. The van der Waals surface area contributed by atoms with Crippen LogP contribution in [0.1, 0.15) is 54.6 Å². The van der Waals surface area contributed by atoms with E-state index in [1.165, 1.54) is 0 Å². The van der Waals surface area contributed by atoms with Crippen molar-refractivity contribution in [3.8, 4) is 0 Å².